The van der Waals surface area contributed by atoms with Crippen LogP contribution in [-0.4, -0.2) is 17.9 Å². The minimum Gasteiger partial charge on any atom is -0.497 e. The molecule has 0 saturated carbocycles. The first-order chi connectivity index (χ1) is 16.3. The number of nitriles is 1. The SMILES string of the molecule is COc1ccc(/C=C(\C#N)C(=O)Nc2cccc(Cl)c2C)c(OCc2ccc([N+](=O)[O-])cc2)c1. The maximum absolute atomic E-state index is 12.7. The van der Waals surface area contributed by atoms with Gasteiger partial charge >= 0.3 is 0 Å². The molecule has 3 aromatic rings. The van der Waals surface area contributed by atoms with Crippen molar-refractivity contribution in [1.29, 1.82) is 5.26 Å². The van der Waals surface area contributed by atoms with Crippen molar-refractivity contribution < 1.29 is 19.2 Å². The van der Waals surface area contributed by atoms with Crippen LogP contribution in [0.25, 0.3) is 6.08 Å². The highest BCUT2D eigenvalue weighted by Crippen LogP contribution is 2.29. The molecule has 0 radical (unpaired) electrons. The molecule has 0 heterocycles. The molecule has 1 amide bonds. The van der Waals surface area contributed by atoms with E-state index in [2.05, 4.69) is 5.32 Å². The molecule has 0 aliphatic rings. The van der Waals surface area contributed by atoms with Gasteiger partial charge < -0.3 is 14.8 Å². The van der Waals surface area contributed by atoms with E-state index < -0.39 is 10.8 Å². The summed E-state index contributed by atoms with van der Waals surface area (Å²) in [5, 5.41) is 23.6. The van der Waals surface area contributed by atoms with Gasteiger partial charge in [0.15, 0.2) is 0 Å². The van der Waals surface area contributed by atoms with E-state index >= 15 is 0 Å². The molecule has 1 N–H and O–H groups in total. The number of nitrogens with one attached hydrogen (secondary N) is 1. The van der Waals surface area contributed by atoms with Crippen molar-refractivity contribution in [2.45, 2.75) is 13.5 Å². The molecule has 0 spiro atoms. The first-order valence-electron chi connectivity index (χ1n) is 10.0. The molecule has 0 unspecified atom stereocenters. The van der Waals surface area contributed by atoms with Gasteiger partial charge in [-0.25, -0.2) is 0 Å². The largest absolute Gasteiger partial charge is 0.497 e. The van der Waals surface area contributed by atoms with Gasteiger partial charge in [-0.15, -0.1) is 0 Å². The van der Waals surface area contributed by atoms with Crippen LogP contribution in [0.15, 0.2) is 66.2 Å². The second-order valence-electron chi connectivity index (χ2n) is 7.15. The number of rotatable bonds is 8. The molecule has 9 heteroatoms. The van der Waals surface area contributed by atoms with Gasteiger partial charge in [-0.2, -0.15) is 5.26 Å². The molecule has 0 aliphatic carbocycles. The average Bonchev–Trinajstić information content (AvgIpc) is 2.84. The molecule has 0 aromatic heterocycles. The summed E-state index contributed by atoms with van der Waals surface area (Å²) in [5.41, 5.74) is 2.22. The Balaban J connectivity index is 1.85. The molecule has 0 fully saturated rings. The zero-order valence-corrected chi connectivity index (χ0v) is 19.1. The second-order valence-corrected chi connectivity index (χ2v) is 7.56. The number of hydrogen-bond acceptors (Lipinski definition) is 6. The van der Waals surface area contributed by atoms with Crippen LogP contribution in [0.5, 0.6) is 11.5 Å². The van der Waals surface area contributed by atoms with E-state index in [0.717, 1.165) is 0 Å². The predicted molar refractivity (Wildman–Crippen MR) is 129 cm³/mol. The van der Waals surface area contributed by atoms with Gasteiger partial charge in [-0.05, 0) is 60.5 Å². The lowest BCUT2D eigenvalue weighted by molar-refractivity contribution is -0.384. The van der Waals surface area contributed by atoms with Crippen LogP contribution in [0.2, 0.25) is 5.02 Å². The van der Waals surface area contributed by atoms with Crippen molar-refractivity contribution >= 4 is 35.0 Å². The Bertz CT molecular complexity index is 1300. The number of carbonyl (C=O) groups excluding carboxylic acids is 1. The number of anilines is 1. The second kappa shape index (κ2) is 11.0. The fourth-order valence-corrected chi connectivity index (χ4v) is 3.17. The van der Waals surface area contributed by atoms with Gasteiger partial charge in [-0.1, -0.05) is 17.7 Å². The third-order valence-corrected chi connectivity index (χ3v) is 5.35. The number of nitrogens with zero attached hydrogens (tertiary/aromatic N) is 2. The number of nitro benzene ring substituents is 1. The lowest BCUT2D eigenvalue weighted by Crippen LogP contribution is -2.14. The monoisotopic (exact) mass is 477 g/mol. The molecule has 8 nitrogen and oxygen atoms in total. The number of carbonyl (C=O) groups is 1. The molecule has 0 atom stereocenters. The maximum atomic E-state index is 12.7. The van der Waals surface area contributed by atoms with E-state index in [1.807, 2.05) is 6.07 Å². The summed E-state index contributed by atoms with van der Waals surface area (Å²) in [6, 6.07) is 18.0. The fraction of sp³-hybridized carbons (Fsp3) is 0.120. The van der Waals surface area contributed by atoms with Crippen molar-refractivity contribution in [3.63, 3.8) is 0 Å². The van der Waals surface area contributed by atoms with Crippen molar-refractivity contribution in [3.8, 4) is 17.6 Å². The topological polar surface area (TPSA) is 114 Å². The van der Waals surface area contributed by atoms with Crippen molar-refractivity contribution in [1.82, 2.24) is 0 Å². The zero-order chi connectivity index (χ0) is 24.7. The van der Waals surface area contributed by atoms with Crippen molar-refractivity contribution in [2.24, 2.45) is 0 Å². The summed E-state index contributed by atoms with van der Waals surface area (Å²) >= 11 is 6.11. The zero-order valence-electron chi connectivity index (χ0n) is 18.4. The van der Waals surface area contributed by atoms with Crippen LogP contribution in [0.4, 0.5) is 11.4 Å². The maximum Gasteiger partial charge on any atom is 0.269 e. The van der Waals surface area contributed by atoms with E-state index in [0.29, 0.717) is 38.9 Å². The van der Waals surface area contributed by atoms with Gasteiger partial charge in [0.25, 0.3) is 11.6 Å². The van der Waals surface area contributed by atoms with Crippen LogP contribution < -0.4 is 14.8 Å². The number of hydrogen-bond donors (Lipinski definition) is 1. The molecule has 3 aromatic carbocycles. The van der Waals surface area contributed by atoms with E-state index in [4.69, 9.17) is 21.1 Å². The number of non-ortho nitro benzene ring substituents is 1. The molecular formula is C25H20ClN3O5. The Hall–Kier alpha value is -4.35. The van der Waals surface area contributed by atoms with Crippen LogP contribution in [0, 0.1) is 28.4 Å². The van der Waals surface area contributed by atoms with Crippen LogP contribution in [0.1, 0.15) is 16.7 Å². The number of ether oxygens (including phenoxy) is 2. The Morgan fingerprint density at radius 1 is 1.21 bits per heavy atom. The minimum atomic E-state index is -0.593. The first-order valence-corrected chi connectivity index (χ1v) is 10.4. The molecular weight excluding hydrogens is 458 g/mol. The summed E-state index contributed by atoms with van der Waals surface area (Å²) in [6.45, 7) is 1.88. The van der Waals surface area contributed by atoms with E-state index in [9.17, 15) is 20.2 Å². The lowest BCUT2D eigenvalue weighted by atomic mass is 10.1. The van der Waals surface area contributed by atoms with E-state index in [1.165, 1.54) is 25.3 Å². The van der Waals surface area contributed by atoms with Gasteiger partial charge in [0.2, 0.25) is 0 Å². The lowest BCUT2D eigenvalue weighted by Gasteiger charge is -2.12. The molecule has 0 saturated heterocycles. The highest BCUT2D eigenvalue weighted by molar-refractivity contribution is 6.31. The standard InChI is InChI=1S/C25H20ClN3O5/c1-16-22(26)4-3-5-23(16)28-25(30)19(14-27)12-18-8-11-21(33-2)13-24(18)34-15-17-6-9-20(10-7-17)29(31)32/h3-13H,15H2,1-2H3,(H,28,30)/b19-12+. The third kappa shape index (κ3) is 5.91. The van der Waals surface area contributed by atoms with Crippen LogP contribution in [0.3, 0.4) is 0 Å². The normalized spacial score (nSPS) is 10.8. The minimum absolute atomic E-state index is 0.0200. The van der Waals surface area contributed by atoms with Crippen LogP contribution >= 0.6 is 11.6 Å². The smallest absolute Gasteiger partial charge is 0.269 e. The summed E-state index contributed by atoms with van der Waals surface area (Å²) < 4.78 is 11.1. The molecule has 0 aliphatic heterocycles. The molecule has 3 rings (SSSR count). The number of methoxy groups -OCH3 is 1. The Morgan fingerprint density at radius 3 is 2.59 bits per heavy atom. The molecule has 0 bridgehead atoms. The Labute approximate surface area is 201 Å². The van der Waals surface area contributed by atoms with E-state index in [-0.39, 0.29) is 17.9 Å². The fourth-order valence-electron chi connectivity index (χ4n) is 3.00. The number of nitro groups is 1. The number of benzene rings is 3. The molecule has 172 valence electrons. The molecule has 34 heavy (non-hydrogen) atoms. The van der Waals surface area contributed by atoms with Gasteiger partial charge in [-0.3, -0.25) is 14.9 Å². The summed E-state index contributed by atoms with van der Waals surface area (Å²) in [5.74, 6) is 0.301. The Kier molecular flexibility index (Phi) is 7.85. The van der Waals surface area contributed by atoms with Crippen molar-refractivity contribution in [2.75, 3.05) is 12.4 Å². The van der Waals surface area contributed by atoms with E-state index in [1.54, 1.807) is 55.5 Å². The van der Waals surface area contributed by atoms with Crippen molar-refractivity contribution in [3.05, 3.63) is 98.1 Å². The predicted octanol–water partition coefficient (Wildman–Crippen LogP) is 5.69. The Morgan fingerprint density at radius 2 is 1.94 bits per heavy atom. The summed E-state index contributed by atoms with van der Waals surface area (Å²) in [4.78, 5) is 23.1. The number of halogens is 1. The number of amides is 1. The quantitative estimate of drug-likeness (QED) is 0.193. The summed E-state index contributed by atoms with van der Waals surface area (Å²) in [7, 11) is 1.51. The highest BCUT2D eigenvalue weighted by atomic mass is 35.5. The van der Waals surface area contributed by atoms with Gasteiger partial charge in [0, 0.05) is 34.5 Å². The average molecular weight is 478 g/mol. The summed E-state index contributed by atoms with van der Waals surface area (Å²) in [6.07, 6.45) is 1.42. The highest BCUT2D eigenvalue weighted by Gasteiger charge is 2.14. The first kappa shape index (κ1) is 24.3. The van der Waals surface area contributed by atoms with Gasteiger partial charge in [0.05, 0.1) is 12.0 Å². The third-order valence-electron chi connectivity index (χ3n) is 4.94. The van der Waals surface area contributed by atoms with Gasteiger partial charge in [0.1, 0.15) is 29.7 Å². The van der Waals surface area contributed by atoms with Crippen LogP contribution in [-0.2, 0) is 11.4 Å².